The van der Waals surface area contributed by atoms with Crippen LogP contribution in [0.25, 0.3) is 16.6 Å². The Labute approximate surface area is 370 Å². The van der Waals surface area contributed by atoms with Crippen LogP contribution in [0.15, 0.2) is 95.7 Å². The van der Waals surface area contributed by atoms with Crippen LogP contribution in [0.5, 0.6) is 11.5 Å². The van der Waals surface area contributed by atoms with Gasteiger partial charge in [0.2, 0.25) is 5.92 Å². The van der Waals surface area contributed by atoms with Crippen LogP contribution >= 0.6 is 11.6 Å². The monoisotopic (exact) mass is 901 g/mol. The van der Waals surface area contributed by atoms with Gasteiger partial charge >= 0.3 is 0 Å². The zero-order valence-corrected chi connectivity index (χ0v) is 36.7. The Hall–Kier alpha value is -5.58. The summed E-state index contributed by atoms with van der Waals surface area (Å²) in [6.07, 6.45) is 4.68. The number of benzene rings is 4. The van der Waals surface area contributed by atoms with Gasteiger partial charge in [0, 0.05) is 75.0 Å². The van der Waals surface area contributed by atoms with E-state index >= 15 is 0 Å². The van der Waals surface area contributed by atoms with Crippen molar-refractivity contribution in [2.24, 2.45) is 11.3 Å². The first-order valence-corrected chi connectivity index (χ1v) is 23.0. The number of alkyl halides is 2. The molecule has 0 radical (unpaired) electrons. The SMILES string of the molecule is CC1(C)CCC(CN2CCN(c3ccc(C(=O)NS(=O)(=O)c4ccc(NCC5CCC(F)(F)CC5)c([N+](=O)[O-])c4)c(Oc4cccc5[nH]cnc45)c3)CC2)=C(c2ccc(Cl)cc2)C1. The number of para-hydroxylation sites is 1. The van der Waals surface area contributed by atoms with Crippen molar-refractivity contribution < 1.29 is 31.7 Å². The molecule has 0 bridgehead atoms. The summed E-state index contributed by atoms with van der Waals surface area (Å²) in [5.74, 6) is -3.40. The van der Waals surface area contributed by atoms with Crippen LogP contribution in [0.3, 0.4) is 0 Å². The molecule has 2 fully saturated rings. The Kier molecular flexibility index (Phi) is 12.5. The lowest BCUT2D eigenvalue weighted by Gasteiger charge is -2.39. The number of carbonyl (C=O) groups is 1. The van der Waals surface area contributed by atoms with Crippen LogP contribution in [0.2, 0.25) is 5.02 Å². The summed E-state index contributed by atoms with van der Waals surface area (Å²) in [5, 5.41) is 15.7. The number of H-pyrrole nitrogens is 1. The fraction of sp³-hybridized carbons (Fsp3) is 0.391. The van der Waals surface area contributed by atoms with Crippen LogP contribution in [-0.4, -0.2) is 79.3 Å². The number of rotatable bonds is 13. The number of halogens is 3. The number of ether oxygens (including phenoxy) is 1. The number of nitrogens with zero attached hydrogens (tertiary/aromatic N) is 4. The minimum atomic E-state index is -4.64. The van der Waals surface area contributed by atoms with Crippen molar-refractivity contribution in [1.82, 2.24) is 19.6 Å². The van der Waals surface area contributed by atoms with Gasteiger partial charge in [-0.1, -0.05) is 49.2 Å². The molecule has 2 aliphatic carbocycles. The number of fused-ring (bicyclic) bond motifs is 1. The molecule has 0 spiro atoms. The zero-order chi connectivity index (χ0) is 44.5. The minimum Gasteiger partial charge on any atom is -0.454 e. The van der Waals surface area contributed by atoms with E-state index in [-0.39, 0.29) is 60.6 Å². The Morgan fingerprint density at radius 3 is 2.46 bits per heavy atom. The molecule has 63 heavy (non-hydrogen) atoms. The Morgan fingerprint density at radius 2 is 1.73 bits per heavy atom. The van der Waals surface area contributed by atoms with Crippen molar-refractivity contribution >= 4 is 61.2 Å². The maximum Gasteiger partial charge on any atom is 0.293 e. The number of anilines is 2. The molecule has 4 aromatic carbocycles. The van der Waals surface area contributed by atoms with Crippen molar-refractivity contribution in [2.45, 2.75) is 69.6 Å². The molecular weight excluding hydrogens is 852 g/mol. The number of aromatic nitrogens is 2. The average molecular weight is 902 g/mol. The lowest BCUT2D eigenvalue weighted by molar-refractivity contribution is -0.384. The molecule has 1 saturated heterocycles. The molecule has 1 amide bonds. The summed E-state index contributed by atoms with van der Waals surface area (Å²) >= 11 is 6.23. The van der Waals surface area contributed by atoms with Crippen molar-refractivity contribution in [1.29, 1.82) is 0 Å². The quantitative estimate of drug-likeness (QED) is 0.0766. The molecule has 2 heterocycles. The van der Waals surface area contributed by atoms with Crippen LogP contribution in [-0.2, 0) is 10.0 Å². The molecule has 8 rings (SSSR count). The number of carbonyl (C=O) groups excluding carboxylic acids is 1. The van der Waals surface area contributed by atoms with E-state index in [1.807, 2.05) is 18.2 Å². The third kappa shape index (κ3) is 10.3. The van der Waals surface area contributed by atoms with E-state index in [2.05, 4.69) is 55.8 Å². The fourth-order valence-electron chi connectivity index (χ4n) is 8.79. The van der Waals surface area contributed by atoms with E-state index in [9.17, 15) is 32.1 Å². The summed E-state index contributed by atoms with van der Waals surface area (Å²) < 4.78 is 63.1. The first-order valence-electron chi connectivity index (χ1n) is 21.2. The van der Waals surface area contributed by atoms with Crippen molar-refractivity contribution in [3.05, 3.63) is 117 Å². The van der Waals surface area contributed by atoms with E-state index in [1.165, 1.54) is 35.2 Å². The smallest absolute Gasteiger partial charge is 0.293 e. The van der Waals surface area contributed by atoms with Crippen LogP contribution < -0.4 is 19.7 Å². The van der Waals surface area contributed by atoms with E-state index in [4.69, 9.17) is 16.3 Å². The van der Waals surface area contributed by atoms with Gasteiger partial charge in [0.05, 0.1) is 27.2 Å². The fourth-order valence-corrected chi connectivity index (χ4v) is 9.90. The predicted molar refractivity (Wildman–Crippen MR) is 240 cm³/mol. The van der Waals surface area contributed by atoms with E-state index < -0.39 is 37.4 Å². The maximum atomic E-state index is 14.0. The molecular formula is C46H50ClF2N7O6S. The highest BCUT2D eigenvalue weighted by Gasteiger charge is 2.35. The molecule has 17 heteroatoms. The van der Waals surface area contributed by atoms with Crippen molar-refractivity contribution in [2.75, 3.05) is 49.5 Å². The number of nitro benzene ring substituents is 1. The number of amides is 1. The van der Waals surface area contributed by atoms with Crippen LogP contribution in [0.4, 0.5) is 25.8 Å². The molecule has 332 valence electrons. The maximum absolute atomic E-state index is 14.0. The largest absolute Gasteiger partial charge is 0.454 e. The van der Waals surface area contributed by atoms with E-state index in [1.54, 1.807) is 24.3 Å². The summed E-state index contributed by atoms with van der Waals surface area (Å²) in [7, 11) is -4.64. The Bertz CT molecular complexity index is 2650. The van der Waals surface area contributed by atoms with Gasteiger partial charge in [-0.3, -0.25) is 19.8 Å². The predicted octanol–water partition coefficient (Wildman–Crippen LogP) is 10.1. The van der Waals surface area contributed by atoms with Gasteiger partial charge in [-0.05, 0) is 103 Å². The number of nitrogens with one attached hydrogen (secondary N) is 3. The van der Waals surface area contributed by atoms with Gasteiger partial charge in [-0.25, -0.2) is 26.9 Å². The number of hydrogen-bond donors (Lipinski definition) is 3. The first-order chi connectivity index (χ1) is 30.0. The highest BCUT2D eigenvalue weighted by atomic mass is 35.5. The number of aromatic amines is 1. The van der Waals surface area contributed by atoms with E-state index in [0.29, 0.717) is 34.9 Å². The Morgan fingerprint density at radius 1 is 0.984 bits per heavy atom. The van der Waals surface area contributed by atoms with Gasteiger partial charge in [0.15, 0.2) is 5.75 Å². The second-order valence-electron chi connectivity index (χ2n) is 17.6. The van der Waals surface area contributed by atoms with E-state index in [0.717, 1.165) is 56.7 Å². The lowest BCUT2D eigenvalue weighted by Crippen LogP contribution is -2.47. The van der Waals surface area contributed by atoms with Gasteiger partial charge in [-0.2, -0.15) is 0 Å². The normalized spacial score (nSPS) is 18.3. The highest BCUT2D eigenvalue weighted by Crippen LogP contribution is 2.44. The number of sulfonamides is 1. The highest BCUT2D eigenvalue weighted by molar-refractivity contribution is 7.90. The van der Waals surface area contributed by atoms with Gasteiger partial charge in [0.1, 0.15) is 17.0 Å². The third-order valence-corrected chi connectivity index (χ3v) is 14.1. The second kappa shape index (κ2) is 17.9. The number of piperazine rings is 1. The molecule has 3 aliphatic rings. The first kappa shape index (κ1) is 44.0. The number of hydrogen-bond acceptors (Lipinski definition) is 10. The molecule has 3 N–H and O–H groups in total. The molecule has 1 aliphatic heterocycles. The summed E-state index contributed by atoms with van der Waals surface area (Å²) in [6, 6.07) is 21.7. The second-order valence-corrected chi connectivity index (χ2v) is 19.7. The third-order valence-electron chi connectivity index (χ3n) is 12.5. The molecule has 1 saturated carbocycles. The molecule has 1 aromatic heterocycles. The molecule has 0 atom stereocenters. The number of nitro groups is 1. The molecule has 5 aromatic rings. The minimum absolute atomic E-state index is 0.0417. The Balaban J connectivity index is 1.00. The summed E-state index contributed by atoms with van der Waals surface area (Å²) in [6.45, 7) is 8.71. The summed E-state index contributed by atoms with van der Waals surface area (Å²) in [4.78, 5) is 36.9. The zero-order valence-electron chi connectivity index (χ0n) is 35.1. The average Bonchev–Trinajstić information content (AvgIpc) is 3.74. The summed E-state index contributed by atoms with van der Waals surface area (Å²) in [5.41, 5.74) is 5.68. The standard InChI is InChI=1S/C46H50ClF2N7O6S/c1-45(2)17-16-32(37(26-45)31-6-8-33(47)9-7-31)28-54-20-22-55(23-21-54)34-10-12-36(42(24-34)62-41-5-3-4-39-43(41)52-29-51-39)44(57)53-63(60,61)35-11-13-38(40(25-35)56(58)59)50-27-30-14-18-46(48,49)19-15-30/h3-13,24-25,29-30,50H,14-23,26-28H2,1-2H3,(H,51,52)(H,53,57). The topological polar surface area (TPSA) is 163 Å². The van der Waals surface area contributed by atoms with Crippen LogP contribution in [0.1, 0.15) is 74.7 Å². The molecule has 0 unspecified atom stereocenters. The lowest BCUT2D eigenvalue weighted by atomic mass is 9.72. The number of imidazole rings is 1. The van der Waals surface area contributed by atoms with Gasteiger partial charge in [0.25, 0.3) is 21.6 Å². The van der Waals surface area contributed by atoms with Crippen LogP contribution in [0, 0.1) is 21.4 Å². The molecule has 13 nitrogen and oxygen atoms in total. The van der Waals surface area contributed by atoms with Gasteiger partial charge in [-0.15, -0.1) is 0 Å². The van der Waals surface area contributed by atoms with Crippen molar-refractivity contribution in [3.8, 4) is 11.5 Å². The van der Waals surface area contributed by atoms with Crippen molar-refractivity contribution in [3.63, 3.8) is 0 Å². The number of allylic oxidation sites excluding steroid dienone is 1. The van der Waals surface area contributed by atoms with Gasteiger partial charge < -0.3 is 19.9 Å².